The maximum absolute atomic E-state index is 8.84. The predicted molar refractivity (Wildman–Crippen MR) is 84.3 cm³/mol. The Morgan fingerprint density at radius 2 is 2.33 bits per heavy atom. The van der Waals surface area contributed by atoms with Gasteiger partial charge in [0.15, 0.2) is 5.84 Å². The Hall–Kier alpha value is -1.46. The first-order valence-corrected chi connectivity index (χ1v) is 7.60. The number of amidine groups is 1. The van der Waals surface area contributed by atoms with Gasteiger partial charge in [-0.05, 0) is 45.0 Å². The van der Waals surface area contributed by atoms with Crippen LogP contribution in [0, 0.1) is 0 Å². The molecule has 21 heavy (non-hydrogen) atoms. The largest absolute Gasteiger partial charge is 0.493 e. The van der Waals surface area contributed by atoms with Gasteiger partial charge in [0.05, 0.1) is 17.2 Å². The summed E-state index contributed by atoms with van der Waals surface area (Å²) in [6.07, 6.45) is 4.72. The van der Waals surface area contributed by atoms with E-state index in [0.29, 0.717) is 29.0 Å². The molecule has 1 aromatic rings. The molecule has 6 heteroatoms. The van der Waals surface area contributed by atoms with Crippen LogP contribution in [0.5, 0.6) is 5.75 Å². The Labute approximate surface area is 130 Å². The smallest absolute Gasteiger partial charge is 0.175 e. The molecule has 2 rings (SSSR count). The number of hydrogen-bond donors (Lipinski definition) is 2. The molecule has 1 saturated heterocycles. The summed E-state index contributed by atoms with van der Waals surface area (Å²) in [7, 11) is 2.16. The Balaban J connectivity index is 1.98. The summed E-state index contributed by atoms with van der Waals surface area (Å²) in [6, 6.07) is 5.82. The molecule has 1 aromatic carbocycles. The summed E-state index contributed by atoms with van der Waals surface area (Å²) >= 11 is 6.09. The Morgan fingerprint density at radius 1 is 1.52 bits per heavy atom. The van der Waals surface area contributed by atoms with E-state index < -0.39 is 0 Å². The first kappa shape index (κ1) is 15.9. The molecule has 1 atom stereocenters. The topological polar surface area (TPSA) is 71.1 Å². The maximum Gasteiger partial charge on any atom is 0.175 e. The van der Waals surface area contributed by atoms with Crippen LogP contribution in [-0.2, 0) is 0 Å². The van der Waals surface area contributed by atoms with Crippen molar-refractivity contribution in [3.8, 4) is 5.75 Å². The van der Waals surface area contributed by atoms with E-state index >= 15 is 0 Å². The lowest BCUT2D eigenvalue weighted by Crippen LogP contribution is -2.37. The van der Waals surface area contributed by atoms with Crippen LogP contribution in [0.3, 0.4) is 0 Å². The Bertz CT molecular complexity index is 508. The van der Waals surface area contributed by atoms with E-state index in [1.807, 2.05) is 0 Å². The third-order valence-corrected chi connectivity index (χ3v) is 4.28. The van der Waals surface area contributed by atoms with Crippen molar-refractivity contribution in [1.82, 2.24) is 4.90 Å². The van der Waals surface area contributed by atoms with Gasteiger partial charge >= 0.3 is 0 Å². The molecule has 0 saturated carbocycles. The summed E-state index contributed by atoms with van der Waals surface area (Å²) in [5.41, 5.74) is 6.10. The first-order valence-electron chi connectivity index (χ1n) is 7.23. The first-order chi connectivity index (χ1) is 10.1. The molecule has 0 radical (unpaired) electrons. The van der Waals surface area contributed by atoms with Crippen molar-refractivity contribution in [2.75, 3.05) is 20.2 Å². The number of rotatable bonds is 5. The predicted octanol–water partition coefficient (Wildman–Crippen LogP) is 2.69. The second kappa shape index (κ2) is 7.52. The average Bonchev–Trinajstić information content (AvgIpc) is 2.48. The second-order valence-electron chi connectivity index (χ2n) is 5.37. The van der Waals surface area contributed by atoms with E-state index in [9.17, 15) is 0 Å². The highest BCUT2D eigenvalue weighted by Crippen LogP contribution is 2.27. The van der Waals surface area contributed by atoms with Crippen molar-refractivity contribution in [2.45, 2.75) is 31.7 Å². The van der Waals surface area contributed by atoms with Gasteiger partial charge in [0.1, 0.15) is 5.75 Å². The molecule has 0 bridgehead atoms. The third-order valence-electron chi connectivity index (χ3n) is 3.97. The maximum atomic E-state index is 8.84. The highest BCUT2D eigenvalue weighted by atomic mass is 35.5. The van der Waals surface area contributed by atoms with Crippen LogP contribution in [-0.4, -0.2) is 42.2 Å². The number of piperidine rings is 1. The molecule has 116 valence electrons. The van der Waals surface area contributed by atoms with E-state index in [-0.39, 0.29) is 5.84 Å². The molecule has 0 aliphatic carbocycles. The number of benzene rings is 1. The molecule has 0 aromatic heterocycles. The van der Waals surface area contributed by atoms with Gasteiger partial charge in [-0.1, -0.05) is 29.2 Å². The minimum absolute atomic E-state index is 0.0367. The molecule has 1 heterocycles. The lowest BCUT2D eigenvalue weighted by atomic mass is 10.0. The summed E-state index contributed by atoms with van der Waals surface area (Å²) in [5, 5.41) is 12.3. The number of nitrogens with two attached hydrogens (primary N) is 1. The number of ether oxygens (including phenoxy) is 1. The monoisotopic (exact) mass is 311 g/mol. The molecule has 1 aliphatic rings. The third kappa shape index (κ3) is 4.02. The number of nitrogens with zero attached hydrogens (tertiary/aromatic N) is 2. The summed E-state index contributed by atoms with van der Waals surface area (Å²) in [6.45, 7) is 1.73. The minimum atomic E-state index is -0.0367. The van der Waals surface area contributed by atoms with Gasteiger partial charge in [-0.3, -0.25) is 0 Å². The van der Waals surface area contributed by atoms with Crippen LogP contribution in [0.4, 0.5) is 0 Å². The fraction of sp³-hybridized carbons (Fsp3) is 0.533. The molecular weight excluding hydrogens is 290 g/mol. The molecular formula is C15H22ClN3O2. The Kier molecular flexibility index (Phi) is 5.70. The van der Waals surface area contributed by atoms with Crippen LogP contribution in [0.1, 0.15) is 31.2 Å². The fourth-order valence-electron chi connectivity index (χ4n) is 2.74. The van der Waals surface area contributed by atoms with Gasteiger partial charge in [0, 0.05) is 6.04 Å². The lowest BCUT2D eigenvalue weighted by molar-refractivity contribution is 0.153. The van der Waals surface area contributed by atoms with Gasteiger partial charge in [-0.2, -0.15) is 0 Å². The highest BCUT2D eigenvalue weighted by molar-refractivity contribution is 6.34. The molecule has 1 unspecified atom stereocenters. The molecule has 1 aliphatic heterocycles. The lowest BCUT2D eigenvalue weighted by Gasteiger charge is -2.32. The van der Waals surface area contributed by atoms with Crippen LogP contribution in [0.2, 0.25) is 5.02 Å². The summed E-state index contributed by atoms with van der Waals surface area (Å²) in [5.74, 6) is 0.515. The van der Waals surface area contributed by atoms with Gasteiger partial charge < -0.3 is 20.6 Å². The minimum Gasteiger partial charge on any atom is -0.493 e. The second-order valence-corrected chi connectivity index (χ2v) is 5.77. The highest BCUT2D eigenvalue weighted by Gasteiger charge is 2.19. The van der Waals surface area contributed by atoms with E-state index in [1.54, 1.807) is 18.2 Å². The SMILES string of the molecule is CN1CCCCC1CCOc1cccc(Cl)c1/C(N)=N/O. The zero-order valence-electron chi connectivity index (χ0n) is 12.3. The van der Waals surface area contributed by atoms with E-state index in [1.165, 1.54) is 19.3 Å². The van der Waals surface area contributed by atoms with Crippen LogP contribution < -0.4 is 10.5 Å². The van der Waals surface area contributed by atoms with Crippen LogP contribution >= 0.6 is 11.6 Å². The van der Waals surface area contributed by atoms with Gasteiger partial charge in [-0.15, -0.1) is 0 Å². The van der Waals surface area contributed by atoms with Crippen molar-refractivity contribution in [3.05, 3.63) is 28.8 Å². The number of oxime groups is 1. The normalized spacial score (nSPS) is 20.5. The van der Waals surface area contributed by atoms with Crippen molar-refractivity contribution in [2.24, 2.45) is 10.9 Å². The number of hydrogen-bond acceptors (Lipinski definition) is 4. The summed E-state index contributed by atoms with van der Waals surface area (Å²) in [4.78, 5) is 2.38. The van der Waals surface area contributed by atoms with E-state index in [4.69, 9.17) is 27.3 Å². The quantitative estimate of drug-likeness (QED) is 0.379. The molecule has 0 spiro atoms. The molecule has 0 amide bonds. The van der Waals surface area contributed by atoms with Gasteiger partial charge in [0.25, 0.3) is 0 Å². The summed E-state index contributed by atoms with van der Waals surface area (Å²) < 4.78 is 5.81. The van der Waals surface area contributed by atoms with Crippen molar-refractivity contribution < 1.29 is 9.94 Å². The zero-order chi connectivity index (χ0) is 15.2. The number of halogens is 1. The van der Waals surface area contributed by atoms with Crippen molar-refractivity contribution in [3.63, 3.8) is 0 Å². The van der Waals surface area contributed by atoms with Crippen LogP contribution in [0.15, 0.2) is 23.4 Å². The molecule has 5 nitrogen and oxygen atoms in total. The molecule has 3 N–H and O–H groups in total. The van der Waals surface area contributed by atoms with Crippen molar-refractivity contribution in [1.29, 1.82) is 0 Å². The Morgan fingerprint density at radius 3 is 3.05 bits per heavy atom. The zero-order valence-corrected chi connectivity index (χ0v) is 13.0. The molecule has 1 fully saturated rings. The average molecular weight is 312 g/mol. The van der Waals surface area contributed by atoms with E-state index in [2.05, 4.69) is 17.1 Å². The standard InChI is InChI=1S/C15H22ClN3O2/c1-19-9-3-2-5-11(19)8-10-21-13-7-4-6-12(16)14(13)15(17)18-20/h4,6-7,11,20H,2-3,5,8-10H2,1H3,(H2,17,18). The van der Waals surface area contributed by atoms with Gasteiger partial charge in [0.2, 0.25) is 0 Å². The number of likely N-dealkylation sites (tertiary alicyclic amines) is 1. The van der Waals surface area contributed by atoms with E-state index in [0.717, 1.165) is 13.0 Å². The van der Waals surface area contributed by atoms with Gasteiger partial charge in [-0.25, -0.2) is 0 Å². The van der Waals surface area contributed by atoms with Crippen LogP contribution in [0.25, 0.3) is 0 Å². The van der Waals surface area contributed by atoms with Crippen molar-refractivity contribution >= 4 is 17.4 Å². The fourth-order valence-corrected chi connectivity index (χ4v) is 3.00.